The first kappa shape index (κ1) is 15.0. The van der Waals surface area contributed by atoms with E-state index in [-0.39, 0.29) is 11.9 Å². The molecule has 0 spiro atoms. The molecule has 126 valence electrons. The summed E-state index contributed by atoms with van der Waals surface area (Å²) in [6.07, 6.45) is 3.51. The monoisotopic (exact) mass is 328 g/mol. The Kier molecular flexibility index (Phi) is 3.84. The molecule has 2 fully saturated rings. The number of aromatic nitrogens is 1. The minimum absolute atomic E-state index is 0.0308. The molecule has 2 aliphatic heterocycles. The third kappa shape index (κ3) is 2.81. The highest BCUT2D eigenvalue weighted by molar-refractivity contribution is 5.95. The summed E-state index contributed by atoms with van der Waals surface area (Å²) in [6, 6.07) is 5.34. The third-order valence-electron chi connectivity index (χ3n) is 4.82. The van der Waals surface area contributed by atoms with E-state index in [9.17, 15) is 9.59 Å². The van der Waals surface area contributed by atoms with Gasteiger partial charge in [0.15, 0.2) is 11.3 Å². The van der Waals surface area contributed by atoms with Gasteiger partial charge in [0.05, 0.1) is 0 Å². The molecule has 24 heavy (non-hydrogen) atoms. The summed E-state index contributed by atoms with van der Waals surface area (Å²) < 4.78 is 5.62. The van der Waals surface area contributed by atoms with Crippen molar-refractivity contribution in [3.8, 4) is 0 Å². The summed E-state index contributed by atoms with van der Waals surface area (Å²) in [5.74, 6) is 0.724. The summed E-state index contributed by atoms with van der Waals surface area (Å²) in [5.41, 5.74) is 1.34. The average Bonchev–Trinajstić information content (AvgIpc) is 3.21. The van der Waals surface area contributed by atoms with E-state index >= 15 is 0 Å². The number of nitrogens with zero attached hydrogens (tertiary/aromatic N) is 3. The van der Waals surface area contributed by atoms with Gasteiger partial charge in [0.2, 0.25) is 0 Å². The largest absolute Gasteiger partial charge is 0.449 e. The number of carbonyl (C=O) groups is 2. The summed E-state index contributed by atoms with van der Waals surface area (Å²) in [6.45, 7) is 3.69. The number of pyridine rings is 1. The smallest absolute Gasteiger partial charge is 0.317 e. The number of piperidine rings is 1. The van der Waals surface area contributed by atoms with Gasteiger partial charge in [-0.05, 0) is 30.9 Å². The molecule has 0 unspecified atom stereocenters. The lowest BCUT2D eigenvalue weighted by Crippen LogP contribution is -2.42. The number of nitrogens with one attached hydrogen (secondary N) is 1. The second-order valence-electron chi connectivity index (χ2n) is 6.41. The zero-order chi connectivity index (χ0) is 16.5. The van der Waals surface area contributed by atoms with Crippen LogP contribution in [-0.2, 0) is 0 Å². The normalized spacial score (nSPS) is 19.1. The molecule has 2 aliphatic rings. The van der Waals surface area contributed by atoms with Crippen LogP contribution in [0.25, 0.3) is 11.1 Å². The summed E-state index contributed by atoms with van der Waals surface area (Å²) >= 11 is 0. The fourth-order valence-corrected chi connectivity index (χ4v) is 3.45. The number of fused-ring (bicyclic) bond motifs is 1. The number of furan rings is 1. The summed E-state index contributed by atoms with van der Waals surface area (Å²) in [7, 11) is 0. The highest BCUT2D eigenvalue weighted by Crippen LogP contribution is 2.23. The maximum Gasteiger partial charge on any atom is 0.317 e. The maximum absolute atomic E-state index is 12.6. The van der Waals surface area contributed by atoms with Crippen molar-refractivity contribution in [3.63, 3.8) is 0 Å². The summed E-state index contributed by atoms with van der Waals surface area (Å²) in [4.78, 5) is 32.1. The van der Waals surface area contributed by atoms with Gasteiger partial charge in [0.1, 0.15) is 5.52 Å². The highest BCUT2D eigenvalue weighted by atomic mass is 16.3. The van der Waals surface area contributed by atoms with Crippen LogP contribution in [0.1, 0.15) is 23.4 Å². The van der Waals surface area contributed by atoms with Crippen molar-refractivity contribution in [3.05, 3.63) is 30.2 Å². The molecule has 0 bridgehead atoms. The van der Waals surface area contributed by atoms with Crippen LogP contribution >= 0.6 is 0 Å². The van der Waals surface area contributed by atoms with Crippen LogP contribution in [0.15, 0.2) is 28.8 Å². The second-order valence-corrected chi connectivity index (χ2v) is 6.41. The summed E-state index contributed by atoms with van der Waals surface area (Å²) in [5, 5.41) is 2.82. The van der Waals surface area contributed by atoms with Crippen LogP contribution in [0.2, 0.25) is 0 Å². The Morgan fingerprint density at radius 3 is 2.88 bits per heavy atom. The van der Waals surface area contributed by atoms with Gasteiger partial charge in [0, 0.05) is 45.0 Å². The van der Waals surface area contributed by atoms with Crippen molar-refractivity contribution in [1.29, 1.82) is 0 Å². The highest BCUT2D eigenvalue weighted by Gasteiger charge is 2.29. The fraction of sp³-hybridized carbons (Fsp3) is 0.471. The molecule has 2 saturated heterocycles. The van der Waals surface area contributed by atoms with Crippen LogP contribution in [0, 0.1) is 5.92 Å². The van der Waals surface area contributed by atoms with Gasteiger partial charge < -0.3 is 19.5 Å². The lowest BCUT2D eigenvalue weighted by atomic mass is 9.96. The lowest BCUT2D eigenvalue weighted by Gasteiger charge is -2.33. The van der Waals surface area contributed by atoms with E-state index in [4.69, 9.17) is 4.42 Å². The van der Waals surface area contributed by atoms with Gasteiger partial charge in [-0.25, -0.2) is 4.79 Å². The predicted molar refractivity (Wildman–Crippen MR) is 87.6 cm³/mol. The molecule has 7 nitrogen and oxygen atoms in total. The number of urea groups is 1. The minimum atomic E-state index is -0.0784. The van der Waals surface area contributed by atoms with E-state index in [2.05, 4.69) is 10.3 Å². The molecular weight excluding hydrogens is 308 g/mol. The number of hydrogen-bond acceptors (Lipinski definition) is 4. The SMILES string of the molecule is O=C1NCCN1CC1CCN(C(=O)c2cc3ncccc3o2)CC1. The topological polar surface area (TPSA) is 78.7 Å². The Morgan fingerprint density at radius 1 is 1.33 bits per heavy atom. The van der Waals surface area contributed by atoms with Gasteiger partial charge in [-0.1, -0.05) is 0 Å². The Balaban J connectivity index is 1.36. The molecule has 0 aliphatic carbocycles. The Labute approximate surface area is 139 Å². The van der Waals surface area contributed by atoms with Crippen molar-refractivity contribution in [1.82, 2.24) is 20.1 Å². The molecule has 2 aromatic heterocycles. The zero-order valence-electron chi connectivity index (χ0n) is 13.4. The number of carbonyl (C=O) groups excluding carboxylic acids is 2. The van der Waals surface area contributed by atoms with E-state index in [1.54, 1.807) is 18.3 Å². The first-order valence-corrected chi connectivity index (χ1v) is 8.37. The molecule has 4 rings (SSSR count). The number of likely N-dealkylation sites (tertiary alicyclic amines) is 1. The average molecular weight is 328 g/mol. The molecular formula is C17H20N4O3. The Bertz CT molecular complexity index is 731. The van der Waals surface area contributed by atoms with Gasteiger partial charge in [-0.3, -0.25) is 9.78 Å². The molecule has 4 heterocycles. The molecule has 7 heteroatoms. The van der Waals surface area contributed by atoms with E-state index < -0.39 is 0 Å². The molecule has 0 aromatic carbocycles. The Hall–Kier alpha value is -2.57. The van der Waals surface area contributed by atoms with Gasteiger partial charge in [-0.2, -0.15) is 0 Å². The number of rotatable bonds is 3. The van der Waals surface area contributed by atoms with E-state index in [0.29, 0.717) is 35.9 Å². The van der Waals surface area contributed by atoms with Crippen molar-refractivity contribution in [2.24, 2.45) is 5.92 Å². The zero-order valence-corrected chi connectivity index (χ0v) is 13.4. The van der Waals surface area contributed by atoms with Gasteiger partial charge in [-0.15, -0.1) is 0 Å². The van der Waals surface area contributed by atoms with E-state index in [1.165, 1.54) is 0 Å². The minimum Gasteiger partial charge on any atom is -0.449 e. The quantitative estimate of drug-likeness (QED) is 0.930. The van der Waals surface area contributed by atoms with Gasteiger partial charge >= 0.3 is 6.03 Å². The number of hydrogen-bond donors (Lipinski definition) is 1. The second kappa shape index (κ2) is 6.14. The molecule has 3 amide bonds. The Morgan fingerprint density at radius 2 is 2.17 bits per heavy atom. The first-order valence-electron chi connectivity index (χ1n) is 8.37. The lowest BCUT2D eigenvalue weighted by molar-refractivity contribution is 0.0648. The maximum atomic E-state index is 12.6. The molecule has 0 atom stereocenters. The van der Waals surface area contributed by atoms with Crippen molar-refractivity contribution < 1.29 is 14.0 Å². The predicted octanol–water partition coefficient (Wildman–Crippen LogP) is 1.71. The standard InChI is InChI=1S/C17H20N4O3/c22-16(15-10-13-14(24-15)2-1-5-18-13)20-7-3-12(4-8-20)11-21-9-6-19-17(21)23/h1-2,5,10,12H,3-4,6-9,11H2,(H,19,23). The van der Waals surface area contributed by atoms with Crippen molar-refractivity contribution in [2.45, 2.75) is 12.8 Å². The van der Waals surface area contributed by atoms with E-state index in [0.717, 1.165) is 32.5 Å². The number of amides is 3. The van der Waals surface area contributed by atoms with Gasteiger partial charge in [0.25, 0.3) is 5.91 Å². The van der Waals surface area contributed by atoms with Crippen LogP contribution in [-0.4, -0.2) is 59.4 Å². The van der Waals surface area contributed by atoms with Crippen LogP contribution < -0.4 is 5.32 Å². The molecule has 1 N–H and O–H groups in total. The molecule has 0 saturated carbocycles. The van der Waals surface area contributed by atoms with E-state index in [1.807, 2.05) is 15.9 Å². The fourth-order valence-electron chi connectivity index (χ4n) is 3.45. The van der Waals surface area contributed by atoms with Crippen LogP contribution in [0.5, 0.6) is 0 Å². The third-order valence-corrected chi connectivity index (χ3v) is 4.82. The molecule has 0 radical (unpaired) electrons. The van der Waals surface area contributed by atoms with Crippen molar-refractivity contribution in [2.75, 3.05) is 32.7 Å². The van der Waals surface area contributed by atoms with Crippen molar-refractivity contribution >= 4 is 23.0 Å². The molecule has 2 aromatic rings. The van der Waals surface area contributed by atoms with Crippen LogP contribution in [0.4, 0.5) is 4.79 Å². The first-order chi connectivity index (χ1) is 11.7. The van der Waals surface area contributed by atoms with Crippen LogP contribution in [0.3, 0.4) is 0 Å².